The van der Waals surface area contributed by atoms with E-state index in [0.717, 1.165) is 22.3 Å². The fourth-order valence-electron chi connectivity index (χ4n) is 3.53. The quantitative estimate of drug-likeness (QED) is 0.487. The van der Waals surface area contributed by atoms with Crippen LogP contribution in [0, 0.1) is 5.92 Å². The molecule has 0 saturated carbocycles. The highest BCUT2D eigenvalue weighted by atomic mass is 79.9. The predicted octanol–water partition coefficient (Wildman–Crippen LogP) is 5.80. The van der Waals surface area contributed by atoms with Gasteiger partial charge < -0.3 is 15.0 Å². The maximum Gasteiger partial charge on any atom is 0.229 e. The number of aryl methyl sites for hydroxylation is 1. The number of hydrogen-bond donors (Lipinski definition) is 1. The summed E-state index contributed by atoms with van der Waals surface area (Å²) in [5.41, 5.74) is 2.73. The minimum atomic E-state index is -0.378. The van der Waals surface area contributed by atoms with Gasteiger partial charge in [-0.2, -0.15) is 0 Å². The van der Waals surface area contributed by atoms with Crippen molar-refractivity contribution in [2.45, 2.75) is 19.8 Å². The molecule has 0 bridgehead atoms. The number of ether oxygens (including phenoxy) is 1. The van der Waals surface area contributed by atoms with Gasteiger partial charge in [-0.15, -0.1) is 0 Å². The number of anilines is 2. The van der Waals surface area contributed by atoms with Crippen LogP contribution in [0.5, 0.6) is 11.5 Å². The molecule has 0 unspecified atom stereocenters. The molecule has 158 valence electrons. The minimum Gasteiger partial charge on any atom is -0.457 e. The molecule has 0 spiro atoms. The van der Waals surface area contributed by atoms with Crippen LogP contribution in [0.2, 0.25) is 0 Å². The molecular formula is C25H23BrN2O3. The first-order chi connectivity index (χ1) is 15.0. The fourth-order valence-corrected chi connectivity index (χ4v) is 3.80. The maximum absolute atomic E-state index is 12.7. The van der Waals surface area contributed by atoms with Crippen LogP contribution in [0.4, 0.5) is 11.4 Å². The van der Waals surface area contributed by atoms with Crippen LogP contribution >= 0.6 is 15.9 Å². The van der Waals surface area contributed by atoms with E-state index in [0.29, 0.717) is 18.0 Å². The van der Waals surface area contributed by atoms with Crippen LogP contribution in [0.15, 0.2) is 77.3 Å². The van der Waals surface area contributed by atoms with E-state index in [4.69, 9.17) is 4.74 Å². The lowest BCUT2D eigenvalue weighted by Gasteiger charge is -2.17. The lowest BCUT2D eigenvalue weighted by Crippen LogP contribution is -2.28. The van der Waals surface area contributed by atoms with Crippen LogP contribution in [0.1, 0.15) is 18.9 Å². The van der Waals surface area contributed by atoms with Gasteiger partial charge in [-0.1, -0.05) is 35.0 Å². The van der Waals surface area contributed by atoms with Gasteiger partial charge >= 0.3 is 0 Å². The Morgan fingerprint density at radius 3 is 2.23 bits per heavy atom. The van der Waals surface area contributed by atoms with Gasteiger partial charge in [-0.25, -0.2) is 0 Å². The fraction of sp³-hybridized carbons (Fsp3) is 0.200. The third-order valence-corrected chi connectivity index (χ3v) is 5.85. The van der Waals surface area contributed by atoms with Gasteiger partial charge in [0.2, 0.25) is 11.8 Å². The SMILES string of the molecule is CCc1ccc(N2C[C@H](C(=O)Nc3ccc(Oc4ccc(Br)cc4)cc3)CC2=O)cc1. The van der Waals surface area contributed by atoms with Gasteiger partial charge in [-0.3, -0.25) is 9.59 Å². The summed E-state index contributed by atoms with van der Waals surface area (Å²) in [6, 6.07) is 22.7. The lowest BCUT2D eigenvalue weighted by atomic mass is 10.1. The van der Waals surface area contributed by atoms with E-state index in [2.05, 4.69) is 28.2 Å². The van der Waals surface area contributed by atoms with Crippen LogP contribution in [0.3, 0.4) is 0 Å². The van der Waals surface area contributed by atoms with Crippen molar-refractivity contribution in [2.24, 2.45) is 5.92 Å². The summed E-state index contributed by atoms with van der Waals surface area (Å²) in [5.74, 6) is 0.858. The first-order valence-corrected chi connectivity index (χ1v) is 11.0. The Morgan fingerprint density at radius 2 is 1.61 bits per heavy atom. The molecule has 1 heterocycles. The third kappa shape index (κ3) is 5.14. The Hall–Kier alpha value is -3.12. The maximum atomic E-state index is 12.7. The topological polar surface area (TPSA) is 58.6 Å². The van der Waals surface area contributed by atoms with Gasteiger partial charge in [0.1, 0.15) is 11.5 Å². The van der Waals surface area contributed by atoms with E-state index >= 15 is 0 Å². The zero-order valence-corrected chi connectivity index (χ0v) is 18.8. The molecule has 6 heteroatoms. The molecule has 0 radical (unpaired) electrons. The number of carbonyl (C=O) groups excluding carboxylic acids is 2. The molecule has 0 aromatic heterocycles. The first kappa shape index (κ1) is 21.1. The molecule has 1 fully saturated rings. The van der Waals surface area contributed by atoms with E-state index in [1.165, 1.54) is 5.56 Å². The highest BCUT2D eigenvalue weighted by Gasteiger charge is 2.35. The molecule has 3 aromatic rings. The largest absolute Gasteiger partial charge is 0.457 e. The number of nitrogens with one attached hydrogen (secondary N) is 1. The molecule has 1 atom stereocenters. The molecule has 0 aliphatic carbocycles. The molecule has 4 rings (SSSR count). The summed E-state index contributed by atoms with van der Waals surface area (Å²) >= 11 is 3.40. The van der Waals surface area contributed by atoms with Crippen LogP contribution in [-0.4, -0.2) is 18.4 Å². The van der Waals surface area contributed by atoms with E-state index in [1.807, 2.05) is 48.5 Å². The average Bonchev–Trinajstić information content (AvgIpc) is 3.18. The highest BCUT2D eigenvalue weighted by Crippen LogP contribution is 2.28. The zero-order valence-electron chi connectivity index (χ0n) is 17.2. The number of halogens is 1. The Balaban J connectivity index is 1.35. The summed E-state index contributed by atoms with van der Waals surface area (Å²) in [7, 11) is 0. The summed E-state index contributed by atoms with van der Waals surface area (Å²) in [6.07, 6.45) is 1.17. The average molecular weight is 479 g/mol. The number of nitrogens with zero attached hydrogens (tertiary/aromatic N) is 1. The monoisotopic (exact) mass is 478 g/mol. The molecule has 31 heavy (non-hydrogen) atoms. The summed E-state index contributed by atoms with van der Waals surface area (Å²) in [4.78, 5) is 26.9. The van der Waals surface area contributed by atoms with Crippen molar-refractivity contribution in [1.82, 2.24) is 0 Å². The molecule has 2 amide bonds. The van der Waals surface area contributed by atoms with Gasteiger partial charge in [0, 0.05) is 28.8 Å². The first-order valence-electron chi connectivity index (χ1n) is 10.3. The van der Waals surface area contributed by atoms with Crippen molar-refractivity contribution < 1.29 is 14.3 Å². The lowest BCUT2D eigenvalue weighted by molar-refractivity contribution is -0.122. The Kier molecular flexibility index (Phi) is 6.37. The Morgan fingerprint density at radius 1 is 1.00 bits per heavy atom. The van der Waals surface area contributed by atoms with Gasteiger partial charge in [0.05, 0.1) is 5.92 Å². The van der Waals surface area contributed by atoms with E-state index < -0.39 is 0 Å². The van der Waals surface area contributed by atoms with Crippen LogP contribution in [-0.2, 0) is 16.0 Å². The zero-order chi connectivity index (χ0) is 21.8. The van der Waals surface area contributed by atoms with Crippen LogP contribution < -0.4 is 15.0 Å². The number of amides is 2. The highest BCUT2D eigenvalue weighted by molar-refractivity contribution is 9.10. The Bertz CT molecular complexity index is 1060. The molecule has 5 nitrogen and oxygen atoms in total. The van der Waals surface area contributed by atoms with Crippen molar-refractivity contribution in [2.75, 3.05) is 16.8 Å². The number of benzene rings is 3. The van der Waals surface area contributed by atoms with Crippen molar-refractivity contribution in [3.8, 4) is 11.5 Å². The van der Waals surface area contributed by atoms with Crippen molar-refractivity contribution in [3.63, 3.8) is 0 Å². The number of rotatable bonds is 6. The summed E-state index contributed by atoms with van der Waals surface area (Å²) in [6.45, 7) is 2.48. The molecule has 1 N–H and O–H groups in total. The molecular weight excluding hydrogens is 456 g/mol. The number of carbonyl (C=O) groups is 2. The van der Waals surface area contributed by atoms with Gasteiger partial charge in [0.25, 0.3) is 0 Å². The molecule has 3 aromatic carbocycles. The molecule has 1 aliphatic rings. The second-order valence-corrected chi connectivity index (χ2v) is 8.41. The van der Waals surface area contributed by atoms with E-state index in [-0.39, 0.29) is 24.2 Å². The van der Waals surface area contributed by atoms with Crippen molar-refractivity contribution in [3.05, 3.63) is 82.8 Å². The summed E-state index contributed by atoms with van der Waals surface area (Å²) < 4.78 is 6.79. The van der Waals surface area contributed by atoms with Gasteiger partial charge in [0.15, 0.2) is 0 Å². The second-order valence-electron chi connectivity index (χ2n) is 7.50. The third-order valence-electron chi connectivity index (χ3n) is 5.32. The van der Waals surface area contributed by atoms with E-state index in [1.54, 1.807) is 29.2 Å². The predicted molar refractivity (Wildman–Crippen MR) is 126 cm³/mol. The van der Waals surface area contributed by atoms with Crippen molar-refractivity contribution in [1.29, 1.82) is 0 Å². The molecule has 1 saturated heterocycles. The van der Waals surface area contributed by atoms with E-state index in [9.17, 15) is 9.59 Å². The minimum absolute atomic E-state index is 0.0253. The van der Waals surface area contributed by atoms with Gasteiger partial charge in [-0.05, 0) is 72.6 Å². The summed E-state index contributed by atoms with van der Waals surface area (Å²) in [5, 5.41) is 2.91. The second kappa shape index (κ2) is 9.35. The molecule has 1 aliphatic heterocycles. The smallest absolute Gasteiger partial charge is 0.229 e. The van der Waals surface area contributed by atoms with Crippen molar-refractivity contribution >= 4 is 39.1 Å². The van der Waals surface area contributed by atoms with Crippen LogP contribution in [0.25, 0.3) is 0 Å². The normalized spacial score (nSPS) is 15.7. The standard InChI is InChI=1S/C25H23BrN2O3/c1-2-17-3-9-21(10-4-17)28-16-18(15-24(28)29)25(30)27-20-7-13-23(14-8-20)31-22-11-5-19(26)6-12-22/h3-14,18H,2,15-16H2,1H3,(H,27,30)/t18-/m1/s1. The Labute approximate surface area is 190 Å². The number of hydrogen-bond acceptors (Lipinski definition) is 3.